The number of hydrogen-bond acceptors (Lipinski definition) is 4. The molecule has 2 aliphatic rings. The fraction of sp³-hybridized carbons (Fsp3) is 0.833. The third kappa shape index (κ3) is 2.93. The van der Waals surface area contributed by atoms with Crippen LogP contribution in [0.3, 0.4) is 0 Å². The number of hydrogen-bond donors (Lipinski definition) is 0. The van der Waals surface area contributed by atoms with Crippen LogP contribution in [0.15, 0.2) is 0 Å². The van der Waals surface area contributed by atoms with Crippen LogP contribution in [0.1, 0.15) is 20.8 Å². The smallest absolute Gasteiger partial charge is 0.410 e. The summed E-state index contributed by atoms with van der Waals surface area (Å²) in [7, 11) is 0. The zero-order valence-corrected chi connectivity index (χ0v) is 11.1. The molecule has 18 heavy (non-hydrogen) atoms. The molecule has 102 valence electrons. The Kier molecular flexibility index (Phi) is 3.47. The molecule has 2 amide bonds. The summed E-state index contributed by atoms with van der Waals surface area (Å²) in [5.74, 6) is -0.0274. The highest BCUT2D eigenvalue weighted by molar-refractivity contribution is 5.84. The van der Waals surface area contributed by atoms with Crippen molar-refractivity contribution in [2.24, 2.45) is 0 Å². The minimum absolute atomic E-state index is 0.0274. The number of morpholine rings is 1. The van der Waals surface area contributed by atoms with Gasteiger partial charge < -0.3 is 14.4 Å². The maximum atomic E-state index is 11.9. The number of piperazine rings is 1. The maximum absolute atomic E-state index is 11.9. The van der Waals surface area contributed by atoms with Crippen molar-refractivity contribution in [2.75, 3.05) is 32.8 Å². The molecular formula is C12H20N2O4. The van der Waals surface area contributed by atoms with E-state index < -0.39 is 11.7 Å². The van der Waals surface area contributed by atoms with Gasteiger partial charge in [0, 0.05) is 13.1 Å². The van der Waals surface area contributed by atoms with Gasteiger partial charge in [-0.15, -0.1) is 0 Å². The first-order valence-corrected chi connectivity index (χ1v) is 6.22. The highest BCUT2D eigenvalue weighted by Gasteiger charge is 2.37. The van der Waals surface area contributed by atoms with Crippen molar-refractivity contribution in [1.82, 2.24) is 9.80 Å². The van der Waals surface area contributed by atoms with Crippen LogP contribution in [-0.2, 0) is 14.3 Å². The zero-order valence-electron chi connectivity index (χ0n) is 11.1. The Labute approximate surface area is 107 Å². The molecule has 2 aliphatic heterocycles. The van der Waals surface area contributed by atoms with Gasteiger partial charge in [-0.2, -0.15) is 0 Å². The molecule has 1 unspecified atom stereocenters. The Morgan fingerprint density at radius 2 is 2.17 bits per heavy atom. The molecule has 6 nitrogen and oxygen atoms in total. The van der Waals surface area contributed by atoms with Crippen LogP contribution >= 0.6 is 0 Å². The molecule has 1 atom stereocenters. The van der Waals surface area contributed by atoms with Crippen LogP contribution < -0.4 is 0 Å². The lowest BCUT2D eigenvalue weighted by Gasteiger charge is -2.43. The first-order chi connectivity index (χ1) is 8.37. The number of carbonyl (C=O) groups is 2. The SMILES string of the molecule is CC(C)(C)OC(=O)N1CC(=O)N2CCOCC2C1. The molecule has 0 aromatic carbocycles. The lowest BCUT2D eigenvalue weighted by Crippen LogP contribution is -2.62. The van der Waals surface area contributed by atoms with Crippen LogP contribution in [0, 0.1) is 0 Å². The standard InChI is InChI=1S/C12H20N2O4/c1-12(2,3)18-11(16)13-6-9-8-17-5-4-14(9)10(15)7-13/h9H,4-8H2,1-3H3. The van der Waals surface area contributed by atoms with E-state index in [-0.39, 0.29) is 18.5 Å². The Hall–Kier alpha value is -1.30. The molecule has 0 saturated carbocycles. The molecule has 2 heterocycles. The summed E-state index contributed by atoms with van der Waals surface area (Å²) in [6, 6.07) is -0.0347. The molecular weight excluding hydrogens is 236 g/mol. The van der Waals surface area contributed by atoms with Gasteiger partial charge in [0.05, 0.1) is 19.3 Å². The number of nitrogens with zero attached hydrogens (tertiary/aromatic N) is 2. The van der Waals surface area contributed by atoms with E-state index in [1.165, 1.54) is 4.90 Å². The predicted molar refractivity (Wildman–Crippen MR) is 64.1 cm³/mol. The molecule has 0 spiro atoms. The largest absolute Gasteiger partial charge is 0.444 e. The third-order valence-electron chi connectivity index (χ3n) is 2.96. The first kappa shape index (κ1) is 13.1. The van der Waals surface area contributed by atoms with E-state index in [1.54, 1.807) is 4.90 Å². The van der Waals surface area contributed by atoms with Gasteiger partial charge in [0.15, 0.2) is 0 Å². The van der Waals surface area contributed by atoms with Crippen LogP contribution in [0.2, 0.25) is 0 Å². The lowest BCUT2D eigenvalue weighted by atomic mass is 10.1. The monoisotopic (exact) mass is 256 g/mol. The van der Waals surface area contributed by atoms with E-state index in [2.05, 4.69) is 0 Å². The summed E-state index contributed by atoms with van der Waals surface area (Å²) >= 11 is 0. The molecule has 0 radical (unpaired) electrons. The minimum Gasteiger partial charge on any atom is -0.444 e. The second-order valence-electron chi connectivity index (χ2n) is 5.68. The van der Waals surface area contributed by atoms with Gasteiger partial charge in [-0.1, -0.05) is 0 Å². The van der Waals surface area contributed by atoms with E-state index in [0.717, 1.165) is 0 Å². The van der Waals surface area contributed by atoms with Crippen molar-refractivity contribution in [3.05, 3.63) is 0 Å². The normalized spacial score (nSPS) is 24.8. The van der Waals surface area contributed by atoms with Crippen LogP contribution in [0.5, 0.6) is 0 Å². The molecule has 0 aromatic heterocycles. The van der Waals surface area contributed by atoms with Crippen molar-refractivity contribution >= 4 is 12.0 Å². The third-order valence-corrected chi connectivity index (χ3v) is 2.96. The molecule has 2 rings (SSSR count). The van der Waals surface area contributed by atoms with Crippen LogP contribution in [-0.4, -0.2) is 66.3 Å². The molecule has 0 aromatic rings. The van der Waals surface area contributed by atoms with Crippen molar-refractivity contribution in [3.63, 3.8) is 0 Å². The molecule has 2 saturated heterocycles. The second kappa shape index (κ2) is 4.76. The second-order valence-corrected chi connectivity index (χ2v) is 5.68. The Morgan fingerprint density at radius 1 is 1.44 bits per heavy atom. The fourth-order valence-corrected chi connectivity index (χ4v) is 2.17. The van der Waals surface area contributed by atoms with Gasteiger partial charge in [-0.25, -0.2) is 4.79 Å². The van der Waals surface area contributed by atoms with Crippen molar-refractivity contribution < 1.29 is 19.1 Å². The summed E-state index contributed by atoms with van der Waals surface area (Å²) in [4.78, 5) is 27.1. The summed E-state index contributed by atoms with van der Waals surface area (Å²) in [6.45, 7) is 7.71. The first-order valence-electron chi connectivity index (χ1n) is 6.22. The van der Waals surface area contributed by atoms with Gasteiger partial charge in [0.25, 0.3) is 0 Å². The van der Waals surface area contributed by atoms with Gasteiger partial charge in [0.1, 0.15) is 12.1 Å². The molecule has 0 N–H and O–H groups in total. The van der Waals surface area contributed by atoms with Crippen molar-refractivity contribution in [3.8, 4) is 0 Å². The van der Waals surface area contributed by atoms with Crippen molar-refractivity contribution in [1.29, 1.82) is 0 Å². The van der Waals surface area contributed by atoms with Gasteiger partial charge in [-0.05, 0) is 20.8 Å². The Morgan fingerprint density at radius 3 is 2.83 bits per heavy atom. The van der Waals surface area contributed by atoms with E-state index in [1.807, 2.05) is 20.8 Å². The quantitative estimate of drug-likeness (QED) is 0.632. The van der Waals surface area contributed by atoms with E-state index >= 15 is 0 Å². The number of amides is 2. The van der Waals surface area contributed by atoms with Crippen LogP contribution in [0.4, 0.5) is 4.79 Å². The Bertz CT molecular complexity index is 350. The number of fused-ring (bicyclic) bond motifs is 1. The van der Waals surface area contributed by atoms with E-state index in [0.29, 0.717) is 26.3 Å². The van der Waals surface area contributed by atoms with Crippen LogP contribution in [0.25, 0.3) is 0 Å². The average Bonchev–Trinajstić information content (AvgIpc) is 2.26. The predicted octanol–water partition coefficient (Wildman–Crippen LogP) is 0.464. The minimum atomic E-state index is -0.541. The fourth-order valence-electron chi connectivity index (χ4n) is 2.17. The van der Waals surface area contributed by atoms with Gasteiger partial charge in [-0.3, -0.25) is 9.69 Å². The zero-order chi connectivity index (χ0) is 13.3. The average molecular weight is 256 g/mol. The van der Waals surface area contributed by atoms with E-state index in [9.17, 15) is 9.59 Å². The molecule has 6 heteroatoms. The van der Waals surface area contributed by atoms with Gasteiger partial charge in [0.2, 0.25) is 5.91 Å². The Balaban J connectivity index is 1.99. The maximum Gasteiger partial charge on any atom is 0.410 e. The van der Waals surface area contributed by atoms with Crippen molar-refractivity contribution in [2.45, 2.75) is 32.4 Å². The highest BCUT2D eigenvalue weighted by Crippen LogP contribution is 2.17. The summed E-state index contributed by atoms with van der Waals surface area (Å²) in [5.41, 5.74) is -0.541. The summed E-state index contributed by atoms with van der Waals surface area (Å²) < 4.78 is 10.6. The molecule has 0 bridgehead atoms. The number of ether oxygens (including phenoxy) is 2. The number of carbonyl (C=O) groups excluding carboxylic acids is 2. The van der Waals surface area contributed by atoms with E-state index in [4.69, 9.17) is 9.47 Å². The van der Waals surface area contributed by atoms with Gasteiger partial charge >= 0.3 is 6.09 Å². The molecule has 0 aliphatic carbocycles. The summed E-state index contributed by atoms with van der Waals surface area (Å²) in [5, 5.41) is 0. The highest BCUT2D eigenvalue weighted by atomic mass is 16.6. The number of rotatable bonds is 0. The topological polar surface area (TPSA) is 59.1 Å². The summed E-state index contributed by atoms with van der Waals surface area (Å²) in [6.07, 6.45) is -0.430. The lowest BCUT2D eigenvalue weighted by molar-refractivity contribution is -0.147. The molecule has 2 fully saturated rings.